The summed E-state index contributed by atoms with van der Waals surface area (Å²) < 4.78 is 3.98. The highest BCUT2D eigenvalue weighted by atomic mass is 16.2. The Kier molecular flexibility index (Phi) is 4.63. The van der Waals surface area contributed by atoms with Crippen molar-refractivity contribution in [3.63, 3.8) is 0 Å². The number of fused-ring (bicyclic) bond motifs is 2. The van der Waals surface area contributed by atoms with E-state index in [-0.39, 0.29) is 5.91 Å². The van der Waals surface area contributed by atoms with Crippen LogP contribution >= 0.6 is 0 Å². The molecule has 2 unspecified atom stereocenters. The monoisotopic (exact) mass is 391 g/mol. The fourth-order valence-corrected chi connectivity index (χ4v) is 4.55. The summed E-state index contributed by atoms with van der Waals surface area (Å²) in [4.78, 5) is 15.2. The largest absolute Gasteiger partial charge is 0.319 e. The number of aryl methyl sites for hydroxylation is 1. The number of carbonyl (C=O) groups excluding carboxylic acids is 1. The molecule has 0 saturated carbocycles. The first-order valence-corrected chi connectivity index (χ1v) is 10.2. The van der Waals surface area contributed by atoms with Gasteiger partial charge in [0.15, 0.2) is 0 Å². The number of para-hydroxylation sites is 1. The second kappa shape index (κ2) is 7.44. The van der Waals surface area contributed by atoms with Gasteiger partial charge in [-0.05, 0) is 30.9 Å². The van der Waals surface area contributed by atoms with Crippen molar-refractivity contribution >= 4 is 11.6 Å². The summed E-state index contributed by atoms with van der Waals surface area (Å²) in [6, 6.07) is 9.47. The topological polar surface area (TPSA) is 80.9 Å². The summed E-state index contributed by atoms with van der Waals surface area (Å²) in [5.41, 5.74) is 2.02. The van der Waals surface area contributed by atoms with E-state index in [0.29, 0.717) is 17.7 Å². The Morgan fingerprint density at radius 3 is 2.76 bits per heavy atom. The van der Waals surface area contributed by atoms with Crippen LogP contribution in [0.4, 0.5) is 5.69 Å². The average molecular weight is 391 g/mol. The highest BCUT2D eigenvalue weighted by molar-refractivity contribution is 6.01. The van der Waals surface area contributed by atoms with Gasteiger partial charge in [-0.3, -0.25) is 14.4 Å². The smallest absolute Gasteiger partial charge is 0.293 e. The van der Waals surface area contributed by atoms with Crippen molar-refractivity contribution in [2.75, 3.05) is 18.4 Å². The van der Waals surface area contributed by atoms with Gasteiger partial charge in [-0.2, -0.15) is 5.10 Å². The predicted octanol–water partition coefficient (Wildman–Crippen LogP) is 2.05. The Labute approximate surface area is 169 Å². The van der Waals surface area contributed by atoms with Crippen molar-refractivity contribution in [2.45, 2.75) is 33.0 Å². The predicted molar refractivity (Wildman–Crippen MR) is 108 cm³/mol. The van der Waals surface area contributed by atoms with E-state index in [1.54, 1.807) is 0 Å². The molecule has 8 heteroatoms. The number of carbonyl (C=O) groups is 1. The molecule has 2 aliphatic heterocycles. The molecule has 2 aliphatic rings. The summed E-state index contributed by atoms with van der Waals surface area (Å²) in [5.74, 6) is 2.21. The molecule has 0 radical (unpaired) electrons. The molecule has 0 spiro atoms. The maximum atomic E-state index is 12.7. The lowest BCUT2D eigenvalue weighted by Gasteiger charge is -2.25. The lowest BCUT2D eigenvalue weighted by Crippen LogP contribution is -2.31. The first kappa shape index (κ1) is 18.1. The van der Waals surface area contributed by atoms with Crippen LogP contribution in [-0.4, -0.2) is 48.4 Å². The van der Waals surface area contributed by atoms with Crippen LogP contribution in [0.5, 0.6) is 0 Å². The molecule has 1 N–H and O–H groups in total. The fourth-order valence-electron chi connectivity index (χ4n) is 4.55. The van der Waals surface area contributed by atoms with Crippen molar-refractivity contribution in [1.82, 2.24) is 29.4 Å². The maximum Gasteiger partial charge on any atom is 0.293 e. The molecular formula is C21H25N7O. The van der Waals surface area contributed by atoms with E-state index < -0.39 is 0 Å². The number of anilines is 1. The van der Waals surface area contributed by atoms with E-state index in [4.69, 9.17) is 0 Å². The minimum absolute atomic E-state index is 0.199. The van der Waals surface area contributed by atoms with Crippen molar-refractivity contribution < 1.29 is 4.79 Å². The molecule has 3 aromatic rings. The van der Waals surface area contributed by atoms with Crippen molar-refractivity contribution in [3.05, 3.63) is 59.9 Å². The number of rotatable bonds is 5. The van der Waals surface area contributed by atoms with Gasteiger partial charge in [0, 0.05) is 56.6 Å². The molecule has 5 rings (SSSR count). The normalized spacial score (nSPS) is 21.0. The summed E-state index contributed by atoms with van der Waals surface area (Å²) in [5, 5.41) is 15.8. The number of nitrogens with one attached hydrogen (secondary N) is 1. The Morgan fingerprint density at radius 1 is 1.14 bits per heavy atom. The van der Waals surface area contributed by atoms with Crippen LogP contribution < -0.4 is 5.32 Å². The molecule has 0 aliphatic carbocycles. The summed E-state index contributed by atoms with van der Waals surface area (Å²) in [6.45, 7) is 6.80. The molecule has 1 aromatic carbocycles. The zero-order valence-electron chi connectivity index (χ0n) is 16.5. The van der Waals surface area contributed by atoms with Crippen molar-refractivity contribution in [1.29, 1.82) is 0 Å². The Balaban J connectivity index is 1.27. The van der Waals surface area contributed by atoms with Gasteiger partial charge in [-0.15, -0.1) is 10.2 Å². The van der Waals surface area contributed by atoms with Gasteiger partial charge >= 0.3 is 0 Å². The molecule has 150 valence electrons. The van der Waals surface area contributed by atoms with E-state index in [0.717, 1.165) is 50.7 Å². The summed E-state index contributed by atoms with van der Waals surface area (Å²) in [6.07, 6.45) is 4.97. The van der Waals surface area contributed by atoms with Gasteiger partial charge in [-0.25, -0.2) is 0 Å². The number of benzene rings is 1. The number of hydrogen-bond donors (Lipinski definition) is 1. The second-order valence-electron chi connectivity index (χ2n) is 7.99. The third-order valence-electron chi connectivity index (χ3n) is 5.99. The van der Waals surface area contributed by atoms with Crippen LogP contribution in [0.2, 0.25) is 0 Å². The molecule has 8 nitrogen and oxygen atoms in total. The van der Waals surface area contributed by atoms with Crippen molar-refractivity contribution in [2.24, 2.45) is 11.8 Å². The number of aromatic nitrogens is 5. The molecular weight excluding hydrogens is 366 g/mol. The van der Waals surface area contributed by atoms with E-state index in [2.05, 4.69) is 38.6 Å². The van der Waals surface area contributed by atoms with E-state index in [9.17, 15) is 4.79 Å². The van der Waals surface area contributed by atoms with Gasteiger partial charge in [-0.1, -0.05) is 18.2 Å². The maximum absolute atomic E-state index is 12.7. The SMILES string of the molecule is CCn1cc(CN2CC3Cc4nnc(C(=O)Nc5ccccc5)n4CC3C2)cn1. The quantitative estimate of drug-likeness (QED) is 0.720. The lowest BCUT2D eigenvalue weighted by molar-refractivity contribution is 0.100. The molecule has 4 heterocycles. The zero-order chi connectivity index (χ0) is 19.8. The minimum atomic E-state index is -0.199. The molecule has 1 amide bonds. The van der Waals surface area contributed by atoms with E-state index >= 15 is 0 Å². The summed E-state index contributed by atoms with van der Waals surface area (Å²) >= 11 is 0. The molecule has 0 bridgehead atoms. The fraction of sp³-hybridized carbons (Fsp3) is 0.429. The Morgan fingerprint density at radius 2 is 1.97 bits per heavy atom. The highest BCUT2D eigenvalue weighted by Crippen LogP contribution is 2.33. The van der Waals surface area contributed by atoms with Crippen LogP contribution in [-0.2, 0) is 26.1 Å². The lowest BCUT2D eigenvalue weighted by atomic mass is 9.89. The number of hydrogen-bond acceptors (Lipinski definition) is 5. The number of likely N-dealkylation sites (tertiary alicyclic amines) is 1. The van der Waals surface area contributed by atoms with Crippen molar-refractivity contribution in [3.8, 4) is 0 Å². The van der Waals surface area contributed by atoms with Crippen LogP contribution in [0.25, 0.3) is 0 Å². The zero-order valence-corrected chi connectivity index (χ0v) is 16.5. The molecule has 1 fully saturated rings. The third-order valence-corrected chi connectivity index (χ3v) is 5.99. The van der Waals surface area contributed by atoms with Crippen LogP contribution in [0.1, 0.15) is 28.9 Å². The number of amides is 1. The first-order chi connectivity index (χ1) is 14.2. The van der Waals surface area contributed by atoms with Crippen LogP contribution in [0.3, 0.4) is 0 Å². The second-order valence-corrected chi connectivity index (χ2v) is 7.99. The van der Waals surface area contributed by atoms with Gasteiger partial charge in [0.2, 0.25) is 5.82 Å². The van der Waals surface area contributed by atoms with Gasteiger partial charge in [0.25, 0.3) is 5.91 Å². The minimum Gasteiger partial charge on any atom is -0.319 e. The van der Waals surface area contributed by atoms with E-state index in [1.807, 2.05) is 45.8 Å². The molecule has 29 heavy (non-hydrogen) atoms. The van der Waals surface area contributed by atoms with Crippen LogP contribution in [0.15, 0.2) is 42.7 Å². The summed E-state index contributed by atoms with van der Waals surface area (Å²) in [7, 11) is 0. The van der Waals surface area contributed by atoms with Gasteiger partial charge in [0.1, 0.15) is 5.82 Å². The number of nitrogens with zero attached hydrogens (tertiary/aromatic N) is 6. The van der Waals surface area contributed by atoms with Gasteiger partial charge < -0.3 is 9.88 Å². The standard InChI is InChI=1S/C21H25N7O/c1-2-27-11-15(9-22-27)10-26-12-16-8-19-24-25-20(28(19)14-17(16)13-26)21(29)23-18-6-4-3-5-7-18/h3-7,9,11,16-17H,2,8,10,12-14H2,1H3,(H,23,29). The molecule has 2 aromatic heterocycles. The van der Waals surface area contributed by atoms with Crippen LogP contribution in [0, 0.1) is 11.8 Å². The average Bonchev–Trinajstić information content (AvgIpc) is 3.44. The Hall–Kier alpha value is -3.00. The highest BCUT2D eigenvalue weighted by Gasteiger charge is 2.39. The van der Waals surface area contributed by atoms with E-state index in [1.165, 1.54) is 5.56 Å². The third kappa shape index (κ3) is 3.55. The molecule has 2 atom stereocenters. The first-order valence-electron chi connectivity index (χ1n) is 10.2. The van der Waals surface area contributed by atoms with Gasteiger partial charge in [0.05, 0.1) is 6.20 Å². The molecule has 1 saturated heterocycles. The Bertz CT molecular complexity index is 1010.